The molecule has 0 N–H and O–H groups in total. The first kappa shape index (κ1) is 36.9. The van der Waals surface area contributed by atoms with Crippen molar-refractivity contribution in [1.29, 1.82) is 0 Å². The monoisotopic (exact) mass is 828 g/mol. The molecule has 0 bridgehead atoms. The third kappa shape index (κ3) is 6.20. The summed E-state index contributed by atoms with van der Waals surface area (Å²) in [6, 6.07) is 87.7. The van der Waals surface area contributed by atoms with E-state index in [9.17, 15) is 0 Å². The molecule has 11 aromatic carbocycles. The normalized spacial score (nSPS) is 11.7. The Morgan fingerprint density at radius 3 is 1.63 bits per heavy atom. The van der Waals surface area contributed by atoms with E-state index >= 15 is 0 Å². The Hall–Kier alpha value is -8.66. The molecule has 304 valence electrons. The number of nitrogens with zero attached hydrogens (tertiary/aromatic N) is 2. The molecular formula is C62H40N2O. The van der Waals surface area contributed by atoms with Crippen LogP contribution in [0.1, 0.15) is 0 Å². The van der Waals surface area contributed by atoms with Gasteiger partial charge in [-0.15, -0.1) is 0 Å². The standard InChI is InChI=1S/C62H40N2O/c1-3-13-41(14-4-1)46-28-35-59-57(38-46)58-39-47(29-36-60(58)64(59)48-19-5-2-6-20-48)45-18-11-21-50(37-45)63(49-30-25-44(26-31-49)53-24-12-17-42-15-7-9-22-52(42)53)51-32-34-55-56-33-27-43-16-8-10-23-54(43)62(56)65-61(55)40-51/h1-40H. The number of rotatable bonds is 7. The fourth-order valence-electron chi connectivity index (χ4n) is 10.0. The number of aromatic nitrogens is 1. The molecule has 2 aromatic heterocycles. The summed E-state index contributed by atoms with van der Waals surface area (Å²) in [6.45, 7) is 0. The third-order valence-corrected chi connectivity index (χ3v) is 13.2. The number of benzene rings is 11. The molecule has 0 spiro atoms. The molecule has 0 saturated heterocycles. The summed E-state index contributed by atoms with van der Waals surface area (Å²) in [5.41, 5.74) is 15.5. The minimum absolute atomic E-state index is 0.859. The molecule has 0 amide bonds. The molecular weight excluding hydrogens is 789 g/mol. The Bertz CT molecular complexity index is 3930. The van der Waals surface area contributed by atoms with Crippen LogP contribution in [0.2, 0.25) is 0 Å². The summed E-state index contributed by atoms with van der Waals surface area (Å²) in [6.07, 6.45) is 0. The van der Waals surface area contributed by atoms with Crippen LogP contribution in [0.5, 0.6) is 0 Å². The van der Waals surface area contributed by atoms with Crippen LogP contribution < -0.4 is 4.90 Å². The molecule has 13 rings (SSSR count). The zero-order chi connectivity index (χ0) is 42.8. The number of hydrogen-bond donors (Lipinski definition) is 0. The van der Waals surface area contributed by atoms with Crippen LogP contribution in [0.3, 0.4) is 0 Å². The van der Waals surface area contributed by atoms with Gasteiger partial charge in [-0.3, -0.25) is 0 Å². The molecule has 0 unspecified atom stereocenters. The van der Waals surface area contributed by atoms with E-state index < -0.39 is 0 Å². The molecule has 0 aliphatic rings. The van der Waals surface area contributed by atoms with Crippen LogP contribution in [-0.2, 0) is 0 Å². The van der Waals surface area contributed by atoms with E-state index in [2.05, 4.69) is 252 Å². The van der Waals surface area contributed by atoms with Crippen molar-refractivity contribution in [3.63, 3.8) is 0 Å². The van der Waals surface area contributed by atoms with Crippen molar-refractivity contribution in [3.8, 4) is 39.1 Å². The molecule has 0 atom stereocenters. The van der Waals surface area contributed by atoms with Crippen LogP contribution in [-0.4, -0.2) is 4.57 Å². The van der Waals surface area contributed by atoms with Gasteiger partial charge in [0.05, 0.1) is 11.0 Å². The van der Waals surface area contributed by atoms with Crippen LogP contribution in [0.25, 0.3) is 104 Å². The predicted molar refractivity (Wildman–Crippen MR) is 274 cm³/mol. The lowest BCUT2D eigenvalue weighted by molar-refractivity contribution is 0.672. The summed E-state index contributed by atoms with van der Waals surface area (Å²) in [7, 11) is 0. The van der Waals surface area contributed by atoms with Gasteiger partial charge in [-0.25, -0.2) is 0 Å². The van der Waals surface area contributed by atoms with Gasteiger partial charge in [0.1, 0.15) is 11.2 Å². The highest BCUT2D eigenvalue weighted by molar-refractivity contribution is 6.16. The molecule has 65 heavy (non-hydrogen) atoms. The number of hydrogen-bond acceptors (Lipinski definition) is 2. The van der Waals surface area contributed by atoms with Crippen molar-refractivity contribution in [1.82, 2.24) is 4.57 Å². The maximum Gasteiger partial charge on any atom is 0.143 e. The van der Waals surface area contributed by atoms with Crippen LogP contribution >= 0.6 is 0 Å². The van der Waals surface area contributed by atoms with Crippen molar-refractivity contribution in [2.24, 2.45) is 0 Å². The van der Waals surface area contributed by atoms with Gasteiger partial charge in [-0.2, -0.15) is 0 Å². The maximum absolute atomic E-state index is 6.76. The summed E-state index contributed by atoms with van der Waals surface area (Å²) < 4.78 is 9.15. The second kappa shape index (κ2) is 15.0. The van der Waals surface area contributed by atoms with Crippen molar-refractivity contribution in [3.05, 3.63) is 243 Å². The fourth-order valence-corrected chi connectivity index (χ4v) is 10.0. The Morgan fingerprint density at radius 2 is 0.862 bits per heavy atom. The first-order valence-electron chi connectivity index (χ1n) is 22.2. The van der Waals surface area contributed by atoms with Crippen molar-refractivity contribution in [2.45, 2.75) is 0 Å². The smallest absolute Gasteiger partial charge is 0.143 e. The van der Waals surface area contributed by atoms with E-state index in [1.165, 1.54) is 60.2 Å². The third-order valence-electron chi connectivity index (χ3n) is 13.2. The lowest BCUT2D eigenvalue weighted by Crippen LogP contribution is -2.10. The number of furan rings is 1. The summed E-state index contributed by atoms with van der Waals surface area (Å²) in [5.74, 6) is 0. The predicted octanol–water partition coefficient (Wildman–Crippen LogP) is 17.5. The highest BCUT2D eigenvalue weighted by Gasteiger charge is 2.19. The molecule has 0 aliphatic carbocycles. The van der Waals surface area contributed by atoms with Gasteiger partial charge < -0.3 is 13.9 Å². The fraction of sp³-hybridized carbons (Fsp3) is 0. The quantitative estimate of drug-likeness (QED) is 0.160. The van der Waals surface area contributed by atoms with Gasteiger partial charge >= 0.3 is 0 Å². The zero-order valence-corrected chi connectivity index (χ0v) is 35.4. The van der Waals surface area contributed by atoms with Crippen molar-refractivity contribution >= 4 is 82.4 Å². The maximum atomic E-state index is 6.76. The van der Waals surface area contributed by atoms with Gasteiger partial charge in [0.2, 0.25) is 0 Å². The summed E-state index contributed by atoms with van der Waals surface area (Å²) in [5, 5.41) is 9.44. The lowest BCUT2D eigenvalue weighted by Gasteiger charge is -2.26. The molecule has 13 aromatic rings. The molecule has 0 fully saturated rings. The Balaban J connectivity index is 0.969. The van der Waals surface area contributed by atoms with E-state index in [-0.39, 0.29) is 0 Å². The van der Waals surface area contributed by atoms with Crippen LogP contribution in [0.4, 0.5) is 17.1 Å². The molecule has 2 heterocycles. The van der Waals surface area contributed by atoms with E-state index in [0.717, 1.165) is 61.2 Å². The van der Waals surface area contributed by atoms with Crippen molar-refractivity contribution in [2.75, 3.05) is 4.90 Å². The first-order chi connectivity index (χ1) is 32.2. The summed E-state index contributed by atoms with van der Waals surface area (Å²) >= 11 is 0. The van der Waals surface area contributed by atoms with Gasteiger partial charge in [-0.05, 0) is 128 Å². The van der Waals surface area contributed by atoms with Gasteiger partial charge in [0.25, 0.3) is 0 Å². The largest absolute Gasteiger partial charge is 0.455 e. The van der Waals surface area contributed by atoms with Gasteiger partial charge in [-0.1, -0.05) is 158 Å². The van der Waals surface area contributed by atoms with E-state index in [1.54, 1.807) is 0 Å². The Labute approximate surface area is 376 Å². The number of fused-ring (bicyclic) bond motifs is 9. The highest BCUT2D eigenvalue weighted by atomic mass is 16.3. The second-order valence-electron chi connectivity index (χ2n) is 16.9. The molecule has 3 heteroatoms. The van der Waals surface area contributed by atoms with Gasteiger partial charge in [0, 0.05) is 55.7 Å². The van der Waals surface area contributed by atoms with E-state index in [0.29, 0.717) is 0 Å². The van der Waals surface area contributed by atoms with Crippen LogP contribution in [0, 0.1) is 0 Å². The molecule has 0 radical (unpaired) electrons. The Morgan fingerprint density at radius 1 is 0.308 bits per heavy atom. The lowest BCUT2D eigenvalue weighted by atomic mass is 9.98. The highest BCUT2D eigenvalue weighted by Crippen LogP contribution is 2.43. The average molecular weight is 829 g/mol. The molecule has 0 saturated carbocycles. The molecule has 3 nitrogen and oxygen atoms in total. The number of para-hydroxylation sites is 1. The van der Waals surface area contributed by atoms with Crippen molar-refractivity contribution < 1.29 is 4.42 Å². The second-order valence-corrected chi connectivity index (χ2v) is 16.9. The van der Waals surface area contributed by atoms with Gasteiger partial charge in [0.15, 0.2) is 0 Å². The molecule has 0 aliphatic heterocycles. The first-order valence-corrected chi connectivity index (χ1v) is 22.2. The topological polar surface area (TPSA) is 21.3 Å². The Kier molecular flexibility index (Phi) is 8.53. The van der Waals surface area contributed by atoms with E-state index in [1.807, 2.05) is 0 Å². The minimum atomic E-state index is 0.859. The van der Waals surface area contributed by atoms with Crippen LogP contribution in [0.15, 0.2) is 247 Å². The summed E-state index contributed by atoms with van der Waals surface area (Å²) in [4.78, 5) is 2.35. The average Bonchev–Trinajstić information content (AvgIpc) is 3.92. The number of anilines is 3. The minimum Gasteiger partial charge on any atom is -0.455 e. The SMILES string of the molecule is c1ccc(-c2ccc3c(c2)c2cc(-c4cccc(N(c5ccc(-c6cccc7ccccc67)cc5)c5ccc6c(c5)oc5c7ccccc7ccc65)c4)ccc2n3-c2ccccc2)cc1. The zero-order valence-electron chi connectivity index (χ0n) is 35.4. The van der Waals surface area contributed by atoms with E-state index in [4.69, 9.17) is 4.42 Å².